The van der Waals surface area contributed by atoms with Gasteiger partial charge in [0.1, 0.15) is 6.04 Å². The molecule has 2 atom stereocenters. The first-order valence-corrected chi connectivity index (χ1v) is 11.0. The molecule has 29 heavy (non-hydrogen) atoms. The molecule has 0 saturated carbocycles. The zero-order chi connectivity index (χ0) is 21.6. The van der Waals surface area contributed by atoms with Crippen LogP contribution in [-0.2, 0) is 22.6 Å². The summed E-state index contributed by atoms with van der Waals surface area (Å²) in [6.45, 7) is 5.98. The Balaban J connectivity index is 2.29. The number of hydrogen-bond acceptors (Lipinski definition) is 2. The predicted octanol–water partition coefficient (Wildman–Crippen LogP) is 5.63. The van der Waals surface area contributed by atoms with Crippen LogP contribution in [0.2, 0.25) is 10.0 Å². The lowest BCUT2D eigenvalue weighted by molar-refractivity contribution is -0.140. The van der Waals surface area contributed by atoms with Crippen molar-refractivity contribution in [2.75, 3.05) is 0 Å². The fourth-order valence-corrected chi connectivity index (χ4v) is 3.81. The number of carbonyl (C=O) groups is 2. The maximum absolute atomic E-state index is 13.2. The highest BCUT2D eigenvalue weighted by Crippen LogP contribution is 2.26. The van der Waals surface area contributed by atoms with E-state index >= 15 is 0 Å². The number of carbonyl (C=O) groups excluding carboxylic acids is 2. The van der Waals surface area contributed by atoms with Crippen molar-refractivity contribution in [2.24, 2.45) is 0 Å². The lowest BCUT2D eigenvalue weighted by atomic mass is 10.1. The van der Waals surface area contributed by atoms with Crippen LogP contribution < -0.4 is 5.32 Å². The fraction of sp³-hybridized carbons (Fsp3) is 0.364. The zero-order valence-electron chi connectivity index (χ0n) is 16.7. The summed E-state index contributed by atoms with van der Waals surface area (Å²) in [6, 6.07) is 12.2. The second-order valence-corrected chi connectivity index (χ2v) is 8.75. The van der Waals surface area contributed by atoms with Crippen LogP contribution in [0.15, 0.2) is 46.9 Å². The van der Waals surface area contributed by atoms with E-state index in [0.717, 1.165) is 16.5 Å². The van der Waals surface area contributed by atoms with Crippen molar-refractivity contribution >= 4 is 50.9 Å². The monoisotopic (exact) mass is 498 g/mol. The first-order chi connectivity index (χ1) is 13.7. The van der Waals surface area contributed by atoms with Crippen LogP contribution in [0.3, 0.4) is 0 Å². The average molecular weight is 500 g/mol. The molecule has 0 fully saturated rings. The lowest BCUT2D eigenvalue weighted by Crippen LogP contribution is -2.49. The van der Waals surface area contributed by atoms with Gasteiger partial charge in [-0.15, -0.1) is 0 Å². The summed E-state index contributed by atoms with van der Waals surface area (Å²) in [4.78, 5) is 27.5. The number of benzene rings is 2. The normalized spacial score (nSPS) is 12.9. The number of nitrogens with zero attached hydrogens (tertiary/aromatic N) is 1. The Labute approximate surface area is 190 Å². The molecule has 0 bridgehead atoms. The van der Waals surface area contributed by atoms with Crippen LogP contribution in [0.1, 0.15) is 38.3 Å². The summed E-state index contributed by atoms with van der Waals surface area (Å²) in [7, 11) is 0. The van der Waals surface area contributed by atoms with E-state index in [1.165, 1.54) is 0 Å². The van der Waals surface area contributed by atoms with Gasteiger partial charge in [0.25, 0.3) is 0 Å². The molecule has 7 heteroatoms. The second-order valence-electron chi connectivity index (χ2n) is 7.02. The van der Waals surface area contributed by atoms with Gasteiger partial charge in [0.15, 0.2) is 0 Å². The van der Waals surface area contributed by atoms with Gasteiger partial charge < -0.3 is 10.2 Å². The van der Waals surface area contributed by atoms with Crippen molar-refractivity contribution in [3.63, 3.8) is 0 Å². The molecule has 0 aromatic heterocycles. The van der Waals surface area contributed by atoms with Gasteiger partial charge in [-0.2, -0.15) is 0 Å². The molecule has 0 saturated heterocycles. The highest BCUT2D eigenvalue weighted by Gasteiger charge is 2.27. The van der Waals surface area contributed by atoms with Gasteiger partial charge in [0.05, 0.1) is 6.42 Å². The number of nitrogens with one attached hydrogen (secondary N) is 1. The van der Waals surface area contributed by atoms with Crippen LogP contribution in [-0.4, -0.2) is 28.8 Å². The summed E-state index contributed by atoms with van der Waals surface area (Å²) in [5.74, 6) is -0.403. The quantitative estimate of drug-likeness (QED) is 0.511. The van der Waals surface area contributed by atoms with E-state index in [1.807, 2.05) is 38.1 Å². The average Bonchev–Trinajstić information content (AvgIpc) is 2.68. The molecule has 2 unspecified atom stereocenters. The summed E-state index contributed by atoms with van der Waals surface area (Å²) >= 11 is 15.9. The van der Waals surface area contributed by atoms with Gasteiger partial charge in [-0.1, -0.05) is 64.3 Å². The van der Waals surface area contributed by atoms with Gasteiger partial charge in [0.2, 0.25) is 11.8 Å². The maximum atomic E-state index is 13.2. The largest absolute Gasteiger partial charge is 0.352 e. The number of hydrogen-bond donors (Lipinski definition) is 1. The molecule has 1 N–H and O–H groups in total. The van der Waals surface area contributed by atoms with Crippen molar-refractivity contribution in [2.45, 2.75) is 52.2 Å². The molecular weight excluding hydrogens is 475 g/mol. The Bertz CT molecular complexity index is 855. The van der Waals surface area contributed by atoms with Gasteiger partial charge in [0, 0.05) is 27.1 Å². The van der Waals surface area contributed by atoms with Crippen LogP contribution in [0.4, 0.5) is 0 Å². The SMILES string of the molecule is CCC(C)NC(=O)C(C)N(Cc1cccc(Br)c1)C(=O)Cc1c(Cl)cccc1Cl. The minimum atomic E-state index is -0.642. The molecule has 0 aliphatic rings. The molecular formula is C22H25BrCl2N2O2. The molecule has 0 spiro atoms. The van der Waals surface area contributed by atoms with Crippen molar-refractivity contribution in [3.05, 3.63) is 68.1 Å². The lowest BCUT2D eigenvalue weighted by Gasteiger charge is -2.30. The Hall–Kier alpha value is -1.56. The minimum absolute atomic E-state index is 0.0213. The second kappa shape index (κ2) is 11.0. The molecule has 2 aromatic carbocycles. The molecule has 2 rings (SSSR count). The van der Waals surface area contributed by atoms with Gasteiger partial charge in [-0.3, -0.25) is 9.59 Å². The standard InChI is InChI=1S/C22H25BrCl2N2O2/c1-4-14(2)26-22(29)15(3)27(13-16-7-5-8-17(23)11-16)21(28)12-18-19(24)9-6-10-20(18)25/h5-11,14-15H,4,12-13H2,1-3H3,(H,26,29). The molecule has 0 aliphatic carbocycles. The fourth-order valence-electron chi connectivity index (χ4n) is 2.83. The Morgan fingerprint density at radius 2 is 1.72 bits per heavy atom. The van der Waals surface area contributed by atoms with Crippen molar-refractivity contribution in [1.29, 1.82) is 0 Å². The van der Waals surface area contributed by atoms with E-state index in [0.29, 0.717) is 22.2 Å². The first kappa shape index (κ1) is 23.7. The van der Waals surface area contributed by atoms with E-state index in [2.05, 4.69) is 21.2 Å². The molecule has 0 heterocycles. The Morgan fingerprint density at radius 3 is 2.31 bits per heavy atom. The smallest absolute Gasteiger partial charge is 0.242 e. The van der Waals surface area contributed by atoms with E-state index in [9.17, 15) is 9.59 Å². The van der Waals surface area contributed by atoms with Crippen LogP contribution in [0, 0.1) is 0 Å². The van der Waals surface area contributed by atoms with Crippen LogP contribution in [0.25, 0.3) is 0 Å². The van der Waals surface area contributed by atoms with E-state index in [-0.39, 0.29) is 24.3 Å². The summed E-state index contributed by atoms with van der Waals surface area (Å²) < 4.78 is 0.910. The molecule has 156 valence electrons. The molecule has 0 aliphatic heterocycles. The predicted molar refractivity (Wildman–Crippen MR) is 122 cm³/mol. The summed E-state index contributed by atoms with van der Waals surface area (Å²) in [5, 5.41) is 3.82. The third kappa shape index (κ3) is 6.73. The van der Waals surface area contributed by atoms with E-state index in [4.69, 9.17) is 23.2 Å². The third-order valence-corrected chi connectivity index (χ3v) is 6.00. The number of halogens is 3. The molecule has 2 amide bonds. The van der Waals surface area contributed by atoms with Crippen LogP contribution in [0.5, 0.6) is 0 Å². The molecule has 2 aromatic rings. The van der Waals surface area contributed by atoms with Crippen molar-refractivity contribution in [3.8, 4) is 0 Å². The summed E-state index contributed by atoms with van der Waals surface area (Å²) in [6.07, 6.45) is 0.834. The zero-order valence-corrected chi connectivity index (χ0v) is 19.8. The number of rotatable bonds is 8. The Morgan fingerprint density at radius 1 is 1.10 bits per heavy atom. The topological polar surface area (TPSA) is 49.4 Å². The van der Waals surface area contributed by atoms with Crippen molar-refractivity contribution < 1.29 is 9.59 Å². The van der Waals surface area contributed by atoms with Gasteiger partial charge in [-0.25, -0.2) is 0 Å². The maximum Gasteiger partial charge on any atom is 0.242 e. The number of amides is 2. The van der Waals surface area contributed by atoms with Crippen LogP contribution >= 0.6 is 39.1 Å². The van der Waals surface area contributed by atoms with Crippen molar-refractivity contribution in [1.82, 2.24) is 10.2 Å². The van der Waals surface area contributed by atoms with Gasteiger partial charge in [-0.05, 0) is 55.7 Å². The highest BCUT2D eigenvalue weighted by molar-refractivity contribution is 9.10. The highest BCUT2D eigenvalue weighted by atomic mass is 79.9. The summed E-state index contributed by atoms with van der Waals surface area (Å²) in [5.41, 5.74) is 1.48. The van der Waals surface area contributed by atoms with Gasteiger partial charge >= 0.3 is 0 Å². The minimum Gasteiger partial charge on any atom is -0.352 e. The first-order valence-electron chi connectivity index (χ1n) is 9.50. The third-order valence-electron chi connectivity index (χ3n) is 4.80. The Kier molecular flexibility index (Phi) is 9.00. The molecule has 0 radical (unpaired) electrons. The molecule has 4 nitrogen and oxygen atoms in total. The van der Waals surface area contributed by atoms with E-state index < -0.39 is 6.04 Å². The van der Waals surface area contributed by atoms with E-state index in [1.54, 1.807) is 30.0 Å².